The van der Waals surface area contributed by atoms with Gasteiger partial charge in [0.25, 0.3) is 5.91 Å². The number of nitrogens with one attached hydrogen (secondary N) is 1. The lowest BCUT2D eigenvalue weighted by Gasteiger charge is -2.19. The fraction of sp³-hybridized carbons (Fsp3) is 0.294. The molecule has 2 fully saturated rings. The summed E-state index contributed by atoms with van der Waals surface area (Å²) in [6.07, 6.45) is 3.72. The number of hydrogen-bond donors (Lipinski definition) is 2. The predicted octanol–water partition coefficient (Wildman–Crippen LogP) is 1.37. The Hall–Kier alpha value is -2.88. The van der Waals surface area contributed by atoms with Crippen LogP contribution in [-0.2, 0) is 15.0 Å². The molecule has 2 aliphatic rings. The number of carbonyl (C=O) groups is 1. The fourth-order valence-electron chi connectivity index (χ4n) is 3.34. The molecule has 2 N–H and O–H groups in total. The average molecular weight is 392 g/mol. The van der Waals surface area contributed by atoms with Crippen molar-refractivity contribution in [3.05, 3.63) is 36.3 Å². The van der Waals surface area contributed by atoms with E-state index in [9.17, 15) is 18.3 Å². The van der Waals surface area contributed by atoms with Crippen molar-refractivity contribution < 1.29 is 22.7 Å². The minimum Gasteiger partial charge on any atom is -0.506 e. The monoisotopic (exact) mass is 392 g/mol. The highest BCUT2D eigenvalue weighted by molar-refractivity contribution is 7.92. The van der Waals surface area contributed by atoms with Gasteiger partial charge in [-0.15, -0.1) is 0 Å². The van der Waals surface area contributed by atoms with Gasteiger partial charge in [0.05, 0.1) is 0 Å². The largest absolute Gasteiger partial charge is 0.506 e. The summed E-state index contributed by atoms with van der Waals surface area (Å²) in [4.78, 5) is 17.9. The Kier molecular flexibility index (Phi) is 4.14. The van der Waals surface area contributed by atoms with Crippen LogP contribution < -0.4 is 13.9 Å². The number of phenols is 1. The summed E-state index contributed by atoms with van der Waals surface area (Å²) in [5.41, 5.74) is -0.0418. The zero-order valence-electron chi connectivity index (χ0n) is 14.2. The van der Waals surface area contributed by atoms with E-state index in [0.717, 1.165) is 31.7 Å². The summed E-state index contributed by atoms with van der Waals surface area (Å²) in [6.45, 7) is 1.26. The summed E-state index contributed by atoms with van der Waals surface area (Å²) in [5.74, 6) is -1.51. The van der Waals surface area contributed by atoms with E-state index < -0.39 is 39.9 Å². The van der Waals surface area contributed by atoms with Gasteiger partial charge in [-0.2, -0.15) is 8.42 Å². The highest BCUT2D eigenvalue weighted by atomic mass is 32.2. The summed E-state index contributed by atoms with van der Waals surface area (Å²) in [7, 11) is -4.24. The van der Waals surface area contributed by atoms with Crippen molar-refractivity contribution >= 4 is 27.6 Å². The van der Waals surface area contributed by atoms with Gasteiger partial charge in [0.15, 0.2) is 5.82 Å². The number of amides is 1. The van der Waals surface area contributed by atoms with Crippen molar-refractivity contribution in [2.45, 2.75) is 12.8 Å². The number of anilines is 2. The first-order valence-corrected chi connectivity index (χ1v) is 9.87. The van der Waals surface area contributed by atoms with Gasteiger partial charge in [-0.05, 0) is 37.1 Å². The molecule has 1 aromatic carbocycles. The van der Waals surface area contributed by atoms with Crippen LogP contribution in [0.2, 0.25) is 0 Å². The van der Waals surface area contributed by atoms with Crippen molar-refractivity contribution in [3.63, 3.8) is 0 Å². The third-order valence-corrected chi connectivity index (χ3v) is 6.03. The van der Waals surface area contributed by atoms with Gasteiger partial charge >= 0.3 is 10.2 Å². The topological polar surface area (TPSA) is 103 Å². The number of rotatable bonds is 3. The summed E-state index contributed by atoms with van der Waals surface area (Å²) < 4.78 is 41.4. The zero-order chi connectivity index (χ0) is 19.2. The molecule has 0 radical (unpaired) electrons. The van der Waals surface area contributed by atoms with Crippen molar-refractivity contribution in [3.8, 4) is 16.9 Å². The maximum atomic E-state index is 15.1. The molecule has 10 heteroatoms. The van der Waals surface area contributed by atoms with Gasteiger partial charge in [0.1, 0.15) is 23.8 Å². The van der Waals surface area contributed by atoms with Crippen molar-refractivity contribution in [2.24, 2.45) is 0 Å². The second kappa shape index (κ2) is 6.38. The molecule has 0 bridgehead atoms. The van der Waals surface area contributed by atoms with E-state index in [2.05, 4.69) is 9.88 Å². The maximum Gasteiger partial charge on any atom is 0.326 e. The van der Waals surface area contributed by atoms with Gasteiger partial charge in [0.2, 0.25) is 0 Å². The van der Waals surface area contributed by atoms with Crippen LogP contribution >= 0.6 is 0 Å². The second-order valence-electron chi connectivity index (χ2n) is 6.43. The van der Waals surface area contributed by atoms with Crippen LogP contribution in [0.3, 0.4) is 0 Å². The normalized spacial score (nSPS) is 18.8. The van der Waals surface area contributed by atoms with E-state index in [1.807, 2.05) is 0 Å². The lowest BCUT2D eigenvalue weighted by Crippen LogP contribution is -2.30. The Bertz CT molecular complexity index is 1000. The maximum absolute atomic E-state index is 15.1. The average Bonchev–Trinajstić information content (AvgIpc) is 3.23. The lowest BCUT2D eigenvalue weighted by atomic mass is 10.1. The summed E-state index contributed by atoms with van der Waals surface area (Å²) in [6, 6.07) is 6.02. The highest BCUT2D eigenvalue weighted by Crippen LogP contribution is 2.38. The number of pyridine rings is 1. The molecule has 2 saturated heterocycles. The molecular weight excluding hydrogens is 375 g/mol. The predicted molar refractivity (Wildman–Crippen MR) is 97.2 cm³/mol. The van der Waals surface area contributed by atoms with Crippen LogP contribution in [0.15, 0.2) is 30.5 Å². The molecule has 3 heterocycles. The molecule has 0 atom stereocenters. The van der Waals surface area contributed by atoms with Gasteiger partial charge in [0, 0.05) is 30.4 Å². The van der Waals surface area contributed by atoms with Crippen LogP contribution in [0.5, 0.6) is 5.75 Å². The van der Waals surface area contributed by atoms with Crippen molar-refractivity contribution in [2.75, 3.05) is 28.8 Å². The molecule has 0 unspecified atom stereocenters. The Morgan fingerprint density at radius 2 is 1.89 bits per heavy atom. The first-order chi connectivity index (χ1) is 12.9. The second-order valence-corrected chi connectivity index (χ2v) is 8.03. The van der Waals surface area contributed by atoms with E-state index in [-0.39, 0.29) is 5.56 Å². The van der Waals surface area contributed by atoms with Crippen LogP contribution in [0, 0.1) is 5.82 Å². The molecule has 142 valence electrons. The van der Waals surface area contributed by atoms with E-state index in [0.29, 0.717) is 9.87 Å². The molecule has 0 saturated carbocycles. The zero-order valence-corrected chi connectivity index (χ0v) is 15.0. The molecule has 27 heavy (non-hydrogen) atoms. The molecule has 0 spiro atoms. The van der Waals surface area contributed by atoms with Crippen LogP contribution in [-0.4, -0.2) is 44.0 Å². The molecule has 2 aliphatic heterocycles. The van der Waals surface area contributed by atoms with Crippen LogP contribution in [0.1, 0.15) is 12.8 Å². The van der Waals surface area contributed by atoms with Gasteiger partial charge in [-0.1, -0.05) is 0 Å². The van der Waals surface area contributed by atoms with E-state index in [1.165, 1.54) is 18.3 Å². The number of halogens is 1. The Labute approximate surface area is 155 Å². The number of phenolic OH excluding ortho intramolecular Hbond substituents is 1. The minimum absolute atomic E-state index is 0.0813. The standard InChI is InChI=1S/C17H17FN4O4S/c18-16-12(11-3-6-14(19-9-11)21-7-1-2-8-21)4-5-13(23)17(16)22-10-15(24)20-27(22,25)26/h3-6,9,23H,1-2,7-8,10H2,(H,20,24). The van der Waals surface area contributed by atoms with Crippen molar-refractivity contribution in [1.29, 1.82) is 0 Å². The number of aromatic nitrogens is 1. The van der Waals surface area contributed by atoms with E-state index in [4.69, 9.17) is 0 Å². The SMILES string of the molecule is O=C1CN(c2c(O)ccc(-c3ccc(N4CCCC4)nc3)c2F)S(=O)(=O)N1. The number of nitrogens with zero attached hydrogens (tertiary/aromatic N) is 3. The third-order valence-electron chi connectivity index (χ3n) is 4.65. The minimum atomic E-state index is -4.24. The number of carbonyl (C=O) groups excluding carboxylic acids is 1. The fourth-order valence-corrected chi connectivity index (χ4v) is 4.50. The van der Waals surface area contributed by atoms with Crippen molar-refractivity contribution in [1.82, 2.24) is 9.71 Å². The molecular formula is C17H17FN4O4S. The highest BCUT2D eigenvalue weighted by Gasteiger charge is 2.38. The lowest BCUT2D eigenvalue weighted by molar-refractivity contribution is -0.117. The van der Waals surface area contributed by atoms with Gasteiger partial charge in [-0.25, -0.2) is 18.4 Å². The first-order valence-electron chi connectivity index (χ1n) is 8.43. The first kappa shape index (κ1) is 17.5. The quantitative estimate of drug-likeness (QED) is 0.818. The number of aromatic hydroxyl groups is 1. The van der Waals surface area contributed by atoms with Gasteiger partial charge in [-0.3, -0.25) is 4.79 Å². The summed E-state index contributed by atoms with van der Waals surface area (Å²) in [5, 5.41) is 10.0. The Morgan fingerprint density at radius 1 is 1.15 bits per heavy atom. The summed E-state index contributed by atoms with van der Waals surface area (Å²) >= 11 is 0. The van der Waals surface area contributed by atoms with Crippen LogP contribution in [0.25, 0.3) is 11.1 Å². The van der Waals surface area contributed by atoms with Crippen LogP contribution in [0.4, 0.5) is 15.9 Å². The molecule has 1 amide bonds. The molecule has 0 aliphatic carbocycles. The molecule has 8 nitrogen and oxygen atoms in total. The number of benzene rings is 1. The number of hydrogen-bond acceptors (Lipinski definition) is 6. The Balaban J connectivity index is 1.73. The smallest absolute Gasteiger partial charge is 0.326 e. The third kappa shape index (κ3) is 3.05. The van der Waals surface area contributed by atoms with E-state index in [1.54, 1.807) is 16.9 Å². The van der Waals surface area contributed by atoms with E-state index >= 15 is 4.39 Å². The molecule has 2 aromatic rings. The molecule has 4 rings (SSSR count). The van der Waals surface area contributed by atoms with Gasteiger partial charge < -0.3 is 10.0 Å². The molecule has 1 aromatic heterocycles. The Morgan fingerprint density at radius 3 is 2.48 bits per heavy atom.